The van der Waals surface area contributed by atoms with E-state index >= 15 is 0 Å². The van der Waals surface area contributed by atoms with E-state index in [1.807, 2.05) is 30.5 Å². The van der Waals surface area contributed by atoms with Gasteiger partial charge in [0.25, 0.3) is 0 Å². The molecule has 0 amide bonds. The summed E-state index contributed by atoms with van der Waals surface area (Å²) in [6.07, 6.45) is 4.36. The van der Waals surface area contributed by atoms with Crippen molar-refractivity contribution in [3.63, 3.8) is 0 Å². The summed E-state index contributed by atoms with van der Waals surface area (Å²) in [6.45, 7) is 1.45. The second-order valence-electron chi connectivity index (χ2n) is 5.09. The predicted octanol–water partition coefficient (Wildman–Crippen LogP) is 4.16. The number of rotatable bonds is 7. The van der Waals surface area contributed by atoms with Crippen molar-refractivity contribution in [3.05, 3.63) is 65.7 Å². The third-order valence-electron chi connectivity index (χ3n) is 3.34. The van der Waals surface area contributed by atoms with E-state index in [-0.39, 0.29) is 5.78 Å². The van der Waals surface area contributed by atoms with Crippen LogP contribution in [0.1, 0.15) is 22.8 Å². The van der Waals surface area contributed by atoms with Gasteiger partial charge in [0.15, 0.2) is 11.9 Å². The van der Waals surface area contributed by atoms with E-state index in [9.17, 15) is 9.59 Å². The number of aliphatic carboxylic acids is 1. The van der Waals surface area contributed by atoms with E-state index in [1.165, 1.54) is 17.9 Å². The van der Waals surface area contributed by atoms with Gasteiger partial charge in [-0.25, -0.2) is 4.79 Å². The van der Waals surface area contributed by atoms with Crippen molar-refractivity contribution in [1.29, 1.82) is 0 Å². The molecule has 1 atom stereocenters. The normalized spacial score (nSPS) is 12.1. The first-order valence-electron chi connectivity index (χ1n) is 7.35. The van der Waals surface area contributed by atoms with Crippen LogP contribution in [0.2, 0.25) is 0 Å². The molecule has 1 unspecified atom stereocenters. The van der Waals surface area contributed by atoms with Crippen LogP contribution in [-0.4, -0.2) is 29.2 Å². The first-order valence-corrected chi connectivity index (χ1v) is 8.58. The number of ketones is 1. The van der Waals surface area contributed by atoms with Crippen LogP contribution in [-0.2, 0) is 4.79 Å². The van der Waals surface area contributed by atoms with Crippen LogP contribution >= 0.6 is 11.8 Å². The number of hydrogen-bond acceptors (Lipinski definition) is 4. The van der Waals surface area contributed by atoms with Gasteiger partial charge in [0.2, 0.25) is 0 Å². The summed E-state index contributed by atoms with van der Waals surface area (Å²) in [6, 6.07) is 14.3. The van der Waals surface area contributed by atoms with Crippen molar-refractivity contribution in [2.24, 2.45) is 0 Å². The fourth-order valence-corrected chi connectivity index (χ4v) is 2.34. The minimum atomic E-state index is -1.04. The lowest BCUT2D eigenvalue weighted by Crippen LogP contribution is -2.22. The number of carbonyl (C=O) groups is 2. The Morgan fingerprint density at radius 2 is 1.71 bits per heavy atom. The van der Waals surface area contributed by atoms with Crippen LogP contribution in [0.25, 0.3) is 6.08 Å². The van der Waals surface area contributed by atoms with E-state index in [0.29, 0.717) is 11.3 Å². The quantitative estimate of drug-likeness (QED) is 0.465. The van der Waals surface area contributed by atoms with E-state index in [2.05, 4.69) is 0 Å². The second kappa shape index (κ2) is 8.36. The van der Waals surface area contributed by atoms with Crippen molar-refractivity contribution in [1.82, 2.24) is 0 Å². The smallest absolute Gasteiger partial charge is 0.344 e. The Balaban J connectivity index is 2.01. The maximum absolute atomic E-state index is 12.2. The first-order chi connectivity index (χ1) is 11.5. The molecule has 0 aromatic heterocycles. The van der Waals surface area contributed by atoms with E-state index in [0.717, 1.165) is 5.56 Å². The Labute approximate surface area is 145 Å². The molecule has 0 aliphatic heterocycles. The highest BCUT2D eigenvalue weighted by atomic mass is 32.2. The molecule has 2 aromatic carbocycles. The standard InChI is InChI=1S/C19H18O4S/c1-13(19(21)22)23-16-8-6-15(7-9-16)18(20)12-5-14-3-10-17(24-2)11-4-14/h3-13H,1-2H3,(H,21,22)/b12-5+. The van der Waals surface area contributed by atoms with Crippen LogP contribution in [0, 0.1) is 0 Å². The number of allylic oxidation sites excluding steroid dienone is 1. The molecule has 0 spiro atoms. The lowest BCUT2D eigenvalue weighted by molar-refractivity contribution is -0.144. The highest BCUT2D eigenvalue weighted by molar-refractivity contribution is 7.98. The summed E-state index contributed by atoms with van der Waals surface area (Å²) in [4.78, 5) is 24.1. The lowest BCUT2D eigenvalue weighted by atomic mass is 10.1. The van der Waals surface area contributed by atoms with Crippen LogP contribution in [0.3, 0.4) is 0 Å². The zero-order valence-corrected chi connectivity index (χ0v) is 14.2. The van der Waals surface area contributed by atoms with Gasteiger partial charge >= 0.3 is 5.97 Å². The van der Waals surface area contributed by atoms with Crippen molar-refractivity contribution in [2.45, 2.75) is 17.9 Å². The van der Waals surface area contributed by atoms with Crippen LogP contribution in [0.15, 0.2) is 59.5 Å². The number of ether oxygens (including phenoxy) is 1. The van der Waals surface area contributed by atoms with Gasteiger partial charge in [0.1, 0.15) is 5.75 Å². The molecule has 2 rings (SSSR count). The molecule has 4 nitrogen and oxygen atoms in total. The maximum atomic E-state index is 12.2. The fourth-order valence-electron chi connectivity index (χ4n) is 1.94. The predicted molar refractivity (Wildman–Crippen MR) is 95.8 cm³/mol. The largest absolute Gasteiger partial charge is 0.479 e. The molecule has 0 bridgehead atoms. The Bertz CT molecular complexity index is 733. The van der Waals surface area contributed by atoms with E-state index in [1.54, 1.807) is 42.1 Å². The van der Waals surface area contributed by atoms with Gasteiger partial charge in [-0.3, -0.25) is 4.79 Å². The number of carboxylic acids is 1. The Hall–Kier alpha value is -2.53. The molecule has 24 heavy (non-hydrogen) atoms. The fraction of sp³-hybridized carbons (Fsp3) is 0.158. The van der Waals surface area contributed by atoms with E-state index < -0.39 is 12.1 Å². The Morgan fingerprint density at radius 1 is 1.08 bits per heavy atom. The molecule has 0 aliphatic rings. The van der Waals surface area contributed by atoms with Gasteiger partial charge in [-0.15, -0.1) is 11.8 Å². The summed E-state index contributed by atoms with van der Waals surface area (Å²) in [5.74, 6) is -0.745. The third-order valence-corrected chi connectivity index (χ3v) is 4.09. The summed E-state index contributed by atoms with van der Waals surface area (Å²) < 4.78 is 5.23. The van der Waals surface area contributed by atoms with E-state index in [4.69, 9.17) is 9.84 Å². The number of carbonyl (C=O) groups excluding carboxylic acids is 1. The van der Waals surface area contributed by atoms with Gasteiger partial charge in [-0.05, 0) is 61.2 Å². The molecule has 5 heteroatoms. The number of thioether (sulfide) groups is 1. The molecule has 0 saturated carbocycles. The molecule has 124 valence electrons. The van der Waals surface area contributed by atoms with Crippen LogP contribution in [0.5, 0.6) is 5.75 Å². The SMILES string of the molecule is CSc1ccc(/C=C/C(=O)c2ccc(OC(C)C(=O)O)cc2)cc1. The van der Waals surface area contributed by atoms with Crippen molar-refractivity contribution >= 4 is 29.6 Å². The molecule has 0 saturated heterocycles. The van der Waals surface area contributed by atoms with Gasteiger partial charge in [0, 0.05) is 10.5 Å². The number of hydrogen-bond donors (Lipinski definition) is 1. The second-order valence-corrected chi connectivity index (χ2v) is 5.97. The Kier molecular flexibility index (Phi) is 6.21. The summed E-state index contributed by atoms with van der Waals surface area (Å²) in [5.41, 5.74) is 1.47. The highest BCUT2D eigenvalue weighted by Crippen LogP contribution is 2.17. The minimum Gasteiger partial charge on any atom is -0.479 e. The van der Waals surface area contributed by atoms with Gasteiger partial charge in [-0.1, -0.05) is 18.2 Å². The lowest BCUT2D eigenvalue weighted by Gasteiger charge is -2.10. The van der Waals surface area contributed by atoms with Crippen molar-refractivity contribution in [2.75, 3.05) is 6.26 Å². The summed E-state index contributed by atoms with van der Waals surface area (Å²) in [5, 5.41) is 8.81. The number of carboxylic acid groups (broad SMARTS) is 1. The number of benzene rings is 2. The molecule has 0 heterocycles. The van der Waals surface area contributed by atoms with Gasteiger partial charge < -0.3 is 9.84 Å². The maximum Gasteiger partial charge on any atom is 0.344 e. The zero-order valence-electron chi connectivity index (χ0n) is 13.4. The van der Waals surface area contributed by atoms with Crippen LogP contribution in [0.4, 0.5) is 0 Å². The molecular weight excluding hydrogens is 324 g/mol. The molecule has 1 N–H and O–H groups in total. The van der Waals surface area contributed by atoms with Crippen LogP contribution < -0.4 is 4.74 Å². The Morgan fingerprint density at radius 3 is 2.25 bits per heavy atom. The first kappa shape index (κ1) is 17.8. The third kappa shape index (κ3) is 4.99. The average Bonchev–Trinajstić information content (AvgIpc) is 2.60. The molecule has 0 aliphatic carbocycles. The van der Waals surface area contributed by atoms with Crippen molar-refractivity contribution in [3.8, 4) is 5.75 Å². The summed E-state index contributed by atoms with van der Waals surface area (Å²) in [7, 11) is 0. The van der Waals surface area contributed by atoms with Crippen molar-refractivity contribution < 1.29 is 19.4 Å². The average molecular weight is 342 g/mol. The topological polar surface area (TPSA) is 63.6 Å². The molecule has 0 radical (unpaired) electrons. The minimum absolute atomic E-state index is 0.123. The summed E-state index contributed by atoms with van der Waals surface area (Å²) >= 11 is 1.67. The molecule has 0 fully saturated rings. The molecular formula is C19H18O4S. The molecule has 2 aromatic rings. The van der Waals surface area contributed by atoms with Gasteiger partial charge in [0.05, 0.1) is 0 Å². The highest BCUT2D eigenvalue weighted by Gasteiger charge is 2.12. The van der Waals surface area contributed by atoms with Gasteiger partial charge in [-0.2, -0.15) is 0 Å². The monoisotopic (exact) mass is 342 g/mol. The zero-order chi connectivity index (χ0) is 17.5.